The molecule has 30 aromatic rings. The van der Waals surface area contributed by atoms with E-state index in [2.05, 4.69) is 246 Å². The predicted octanol–water partition coefficient (Wildman–Crippen LogP) is 33.2. The molecular weight excluding hydrogens is 1830 g/mol. The van der Waals surface area contributed by atoms with Gasteiger partial charge in [-0.15, -0.1) is 0 Å². The van der Waals surface area contributed by atoms with Crippen molar-refractivity contribution >= 4 is 131 Å². The van der Waals surface area contributed by atoms with E-state index in [9.17, 15) is 0 Å². The van der Waals surface area contributed by atoms with Gasteiger partial charge in [-0.05, 0) is 149 Å². The number of rotatable bonds is 15. The van der Waals surface area contributed by atoms with Crippen LogP contribution in [0.2, 0.25) is 0 Å². The molecule has 15 nitrogen and oxygen atoms in total. The molecule has 30 rings (SSSR count). The largest absolute Gasteiger partial charge is 0.309 e. The zero-order valence-corrected chi connectivity index (χ0v) is 79.8. The van der Waals surface area contributed by atoms with Crippen LogP contribution in [-0.4, -0.2) is 72.3 Å². The molecule has 0 spiro atoms. The minimum atomic E-state index is -0.447. The molecule has 150 heavy (non-hydrogen) atoms. The third-order valence-electron chi connectivity index (χ3n) is 27.8. The maximum Gasteiger partial charge on any atom is 0.238 e. The van der Waals surface area contributed by atoms with Crippen LogP contribution in [0.15, 0.2) is 527 Å². The van der Waals surface area contributed by atoms with Gasteiger partial charge in [-0.2, -0.15) is 29.9 Å². The van der Waals surface area contributed by atoms with Crippen molar-refractivity contribution in [1.82, 2.24) is 72.3 Å². The van der Waals surface area contributed by atoms with E-state index in [1.807, 2.05) is 176 Å². The van der Waals surface area contributed by atoms with Crippen LogP contribution in [0.25, 0.3) is 267 Å². The number of hydrogen-bond acceptors (Lipinski definition) is 9. The van der Waals surface area contributed by atoms with Gasteiger partial charge in [0.2, 0.25) is 17.8 Å². The van der Waals surface area contributed by atoms with Gasteiger partial charge in [-0.3, -0.25) is 13.7 Å². The zero-order chi connectivity index (χ0) is 112. The van der Waals surface area contributed by atoms with E-state index in [1.165, 1.54) is 0 Å². The highest BCUT2D eigenvalue weighted by Crippen LogP contribution is 2.46. The summed E-state index contributed by atoms with van der Waals surface area (Å²) in [6.07, 6.45) is 0. The first kappa shape index (κ1) is 72.7. The highest BCUT2D eigenvalue weighted by molar-refractivity contribution is 6.22. The molecule has 702 valence electrons. The van der Waals surface area contributed by atoms with Crippen LogP contribution in [0.1, 0.15) is 20.6 Å². The minimum absolute atomic E-state index is 0.0823. The van der Waals surface area contributed by atoms with Gasteiger partial charge in [0.05, 0.1) is 86.8 Å². The summed E-state index contributed by atoms with van der Waals surface area (Å²) < 4.78 is 139. The van der Waals surface area contributed by atoms with Crippen LogP contribution in [0, 0.1) is 0 Å². The fraction of sp³-hybridized carbons (Fsp3) is 0. The second kappa shape index (κ2) is 37.0. The van der Waals surface area contributed by atoms with Crippen molar-refractivity contribution < 1.29 is 20.6 Å². The fourth-order valence-electron chi connectivity index (χ4n) is 21.1. The highest BCUT2D eigenvalue weighted by Gasteiger charge is 2.28. The molecule has 0 N–H and O–H groups in total. The molecule has 0 unspecified atom stereocenters. The molecule has 9 aromatic heterocycles. The quantitative estimate of drug-likeness (QED) is 0.0979. The minimum Gasteiger partial charge on any atom is -0.309 e. The summed E-state index contributed by atoms with van der Waals surface area (Å²) in [5.74, 6) is 3.80. The average Bonchev–Trinajstić information content (AvgIpc) is 1.56. The number of hydrogen-bond donors (Lipinski definition) is 0. The van der Waals surface area contributed by atoms with E-state index in [0.29, 0.717) is 86.2 Å². The Labute approximate surface area is 882 Å². The van der Waals surface area contributed by atoms with Gasteiger partial charge in [-0.1, -0.05) is 412 Å². The van der Waals surface area contributed by atoms with Crippen LogP contribution in [0.4, 0.5) is 0 Å². The Morgan fingerprint density at radius 3 is 0.693 bits per heavy atom. The molecule has 0 aliphatic carbocycles. The zero-order valence-electron chi connectivity index (χ0n) is 94.8. The lowest BCUT2D eigenvalue weighted by Gasteiger charge is -2.13. The first-order chi connectivity index (χ1) is 80.6. The molecule has 0 aliphatic rings. The van der Waals surface area contributed by atoms with Gasteiger partial charge in [0.25, 0.3) is 0 Å². The Morgan fingerprint density at radius 2 is 0.360 bits per heavy atom. The molecule has 0 atom stereocenters. The lowest BCUT2D eigenvalue weighted by atomic mass is 9.99. The second-order valence-electron chi connectivity index (χ2n) is 36.4. The number of nitrogens with zero attached hydrogens (tertiary/aromatic N) is 15. The Kier molecular flexibility index (Phi) is 17.9. The van der Waals surface area contributed by atoms with Crippen LogP contribution in [-0.2, 0) is 0 Å². The molecule has 0 saturated carbocycles. The molecule has 0 amide bonds. The number of aromatic nitrogens is 15. The molecule has 15 heteroatoms. The molecule has 0 fully saturated rings. The summed E-state index contributed by atoms with van der Waals surface area (Å²) in [5, 5.41) is 13.0. The molecule has 21 aromatic carbocycles. The SMILES string of the molecule is [2H]c1c([2H])c([2H])c(-c2ccc(-c3nc(-c4ccccc4)nc(-n4c5ccccc5c5cc6c(cc54)c4ccccc4n6-c4ccccc4)n3)cc2)c([2H])c1[2H].[2H]c1c([2H])c([2H])c(-c2cccc(-c3nc(-c4ccccc4)nc(-n4c5ccccc5c5cc6c(cc54)c4ccccc4n6-c4ccccc4)n3)c2)c([2H])c1[2H].[2H]c1c([2H])c([2H])c(-c2ccccc2-c2nc(-c3ccccc3)nc(-n3c4ccccc4c4cc5c(cc43)c3ccccc3n5-c3ccccc3)n2)c([2H])c1[2H]. The molecule has 9 heterocycles. The summed E-state index contributed by atoms with van der Waals surface area (Å²) in [5.41, 5.74) is 21.4. The van der Waals surface area contributed by atoms with Crippen LogP contribution < -0.4 is 0 Å². The topological polar surface area (TPSA) is 146 Å². The Bertz CT molecular complexity index is 11400. The lowest BCUT2D eigenvalue weighted by Crippen LogP contribution is -2.06. The monoisotopic (exact) mass is 1930 g/mol. The summed E-state index contributed by atoms with van der Waals surface area (Å²) in [7, 11) is 0. The smallest absolute Gasteiger partial charge is 0.238 e. The van der Waals surface area contributed by atoms with Gasteiger partial charge in [0, 0.05) is 115 Å². The average molecular weight is 1930 g/mol. The first-order valence-electron chi connectivity index (χ1n) is 56.7. The highest BCUT2D eigenvalue weighted by atomic mass is 15.2. The van der Waals surface area contributed by atoms with E-state index in [4.69, 9.17) is 65.4 Å². The Balaban J connectivity index is 0.000000116. The maximum absolute atomic E-state index is 8.79. The molecule has 0 saturated heterocycles. The van der Waals surface area contributed by atoms with Gasteiger partial charge in [0.1, 0.15) is 0 Å². The summed E-state index contributed by atoms with van der Waals surface area (Å²) in [4.78, 5) is 45.7. The number of para-hydroxylation sites is 9. The van der Waals surface area contributed by atoms with E-state index in [-0.39, 0.29) is 77.1 Å². The van der Waals surface area contributed by atoms with E-state index in [0.717, 1.165) is 165 Å². The first-order valence-corrected chi connectivity index (χ1v) is 49.2. The Morgan fingerprint density at radius 1 is 0.133 bits per heavy atom. The van der Waals surface area contributed by atoms with Crippen LogP contribution in [0.5, 0.6) is 0 Å². The van der Waals surface area contributed by atoms with Crippen LogP contribution >= 0.6 is 0 Å². The fourth-order valence-corrected chi connectivity index (χ4v) is 21.1. The van der Waals surface area contributed by atoms with Gasteiger partial charge >= 0.3 is 0 Å². The van der Waals surface area contributed by atoms with Gasteiger partial charge in [0.15, 0.2) is 34.9 Å². The van der Waals surface area contributed by atoms with Crippen molar-refractivity contribution in [1.29, 1.82) is 0 Å². The lowest BCUT2D eigenvalue weighted by molar-refractivity contribution is 0.953. The van der Waals surface area contributed by atoms with Crippen molar-refractivity contribution in [3.8, 4) is 137 Å². The normalized spacial score (nSPS) is 13.0. The third kappa shape index (κ3) is 15.3. The standard InChI is InChI=1S/3C45H29N5/c1-4-15-30(16-5-1)32-19-14-20-33(27-32)44-46-43(31-17-6-2-7-18-31)47-45(48-44)50-40-26-13-11-24-36(40)38-28-41-37(29-42(38)50)35-23-10-12-25-39(35)49(41)34-21-8-3-9-22-34;1-4-14-30(15-5-1)31-24-26-33(27-25-31)44-46-43(32-16-6-2-7-17-32)47-45(48-44)50-40-23-13-11-21-36(40)38-28-41-37(29-42(38)50)35-20-10-12-22-39(35)49(41)34-18-8-3-9-19-34;1-4-16-30(17-5-1)33-22-10-11-25-36(33)44-46-43(31-18-6-2-7-19-31)47-45(48-44)50-40-27-15-13-24-35(40)38-28-41-37(29-42(38)50)34-23-12-14-26-39(34)49(41)32-20-8-3-9-21-32/h3*1-29H/i1D,4D,5D,15D,16D;1D,4D,5D,14D,15D;1D,4D,5D,16D,17D. The molecule has 0 aliphatic heterocycles. The van der Waals surface area contributed by atoms with E-state index >= 15 is 0 Å². The van der Waals surface area contributed by atoms with Gasteiger partial charge < -0.3 is 13.7 Å². The summed E-state index contributed by atoms with van der Waals surface area (Å²) >= 11 is 0. The van der Waals surface area contributed by atoms with E-state index in [1.54, 1.807) is 42.5 Å². The predicted molar refractivity (Wildman–Crippen MR) is 614 cm³/mol. The van der Waals surface area contributed by atoms with Crippen molar-refractivity contribution in [2.24, 2.45) is 0 Å². The second-order valence-corrected chi connectivity index (χ2v) is 36.4. The van der Waals surface area contributed by atoms with E-state index < -0.39 is 30.2 Å². The van der Waals surface area contributed by atoms with Crippen molar-refractivity contribution in [3.63, 3.8) is 0 Å². The van der Waals surface area contributed by atoms with Crippen molar-refractivity contribution in [2.75, 3.05) is 0 Å². The van der Waals surface area contributed by atoms with Crippen molar-refractivity contribution in [2.45, 2.75) is 0 Å². The summed E-state index contributed by atoms with van der Waals surface area (Å²) in [6.45, 7) is 0. The van der Waals surface area contributed by atoms with Crippen LogP contribution in [0.3, 0.4) is 0 Å². The maximum atomic E-state index is 8.79. The molecular formula is C135H87N15. The van der Waals surface area contributed by atoms with Gasteiger partial charge in [-0.25, -0.2) is 15.0 Å². The van der Waals surface area contributed by atoms with Crippen molar-refractivity contribution in [3.05, 3.63) is 527 Å². The number of fused-ring (bicyclic) bond motifs is 18. The number of benzene rings is 21. The molecule has 0 bridgehead atoms. The summed E-state index contributed by atoms with van der Waals surface area (Å²) in [6, 6.07) is 140. The Hall–Kier alpha value is -20.6. The third-order valence-corrected chi connectivity index (χ3v) is 27.8. The molecule has 0 radical (unpaired) electrons.